The molecule has 0 amide bonds. The molecular weight excluding hydrogens is 370 g/mol. The van der Waals surface area contributed by atoms with Crippen LogP contribution in [0.15, 0.2) is 72.9 Å². The molecule has 6 heteroatoms. The summed E-state index contributed by atoms with van der Waals surface area (Å²) in [7, 11) is 0. The number of rotatable bonds is 3. The Balaban J connectivity index is 1.60. The number of nitrogens with zero attached hydrogens (tertiary/aromatic N) is 5. The molecule has 0 saturated heterocycles. The summed E-state index contributed by atoms with van der Waals surface area (Å²) in [5, 5.41) is 10.4. The van der Waals surface area contributed by atoms with Crippen molar-refractivity contribution in [2.75, 3.05) is 0 Å². The highest BCUT2D eigenvalue weighted by Crippen LogP contribution is 2.26. The first-order chi connectivity index (χ1) is 13.7. The number of halogens is 1. The standard InChI is InChI=1S/C22H16ClN5/c1-14(15-7-8-19-16(12-15)5-3-11-24-19)28-22-21(26-27-28)10-9-20(25-22)17-4-2-6-18(23)13-17/h2-14H,1H3. The SMILES string of the molecule is CC(c1ccc2ncccc2c1)n1nnc2ccc(-c3cccc(Cl)c3)nc21. The van der Waals surface area contributed by atoms with Crippen molar-refractivity contribution in [3.63, 3.8) is 0 Å². The first-order valence-electron chi connectivity index (χ1n) is 9.01. The zero-order chi connectivity index (χ0) is 19.1. The Kier molecular flexibility index (Phi) is 4.02. The zero-order valence-corrected chi connectivity index (χ0v) is 15.9. The van der Waals surface area contributed by atoms with E-state index in [9.17, 15) is 0 Å². The molecule has 0 bridgehead atoms. The molecule has 3 aromatic heterocycles. The molecule has 5 nitrogen and oxygen atoms in total. The highest BCUT2D eigenvalue weighted by Gasteiger charge is 2.16. The average Bonchev–Trinajstić information content (AvgIpc) is 3.16. The van der Waals surface area contributed by atoms with Gasteiger partial charge in [-0.25, -0.2) is 9.67 Å². The number of hydrogen-bond acceptors (Lipinski definition) is 4. The minimum Gasteiger partial charge on any atom is -0.256 e. The topological polar surface area (TPSA) is 56.5 Å². The van der Waals surface area contributed by atoms with Crippen molar-refractivity contribution >= 4 is 33.7 Å². The van der Waals surface area contributed by atoms with Gasteiger partial charge in [0.25, 0.3) is 0 Å². The molecule has 1 unspecified atom stereocenters. The number of hydrogen-bond donors (Lipinski definition) is 0. The van der Waals surface area contributed by atoms with Gasteiger partial charge in [0.1, 0.15) is 5.52 Å². The summed E-state index contributed by atoms with van der Waals surface area (Å²) >= 11 is 6.14. The fourth-order valence-electron chi connectivity index (χ4n) is 3.39. The van der Waals surface area contributed by atoms with E-state index in [1.54, 1.807) is 6.20 Å². The van der Waals surface area contributed by atoms with Gasteiger partial charge in [-0.05, 0) is 55.0 Å². The highest BCUT2D eigenvalue weighted by molar-refractivity contribution is 6.30. The van der Waals surface area contributed by atoms with Gasteiger partial charge in [-0.3, -0.25) is 4.98 Å². The van der Waals surface area contributed by atoms with Gasteiger partial charge in [-0.15, -0.1) is 5.10 Å². The van der Waals surface area contributed by atoms with E-state index in [1.165, 1.54) is 0 Å². The third-order valence-electron chi connectivity index (χ3n) is 4.92. The maximum Gasteiger partial charge on any atom is 0.179 e. The Bertz CT molecular complexity index is 1310. The number of aromatic nitrogens is 5. The van der Waals surface area contributed by atoms with Gasteiger partial charge in [0.15, 0.2) is 5.65 Å². The second-order valence-corrected chi connectivity index (χ2v) is 7.15. The summed E-state index contributed by atoms with van der Waals surface area (Å²) in [5.41, 5.74) is 5.42. The van der Waals surface area contributed by atoms with E-state index in [4.69, 9.17) is 16.6 Å². The van der Waals surface area contributed by atoms with E-state index in [-0.39, 0.29) is 6.04 Å². The summed E-state index contributed by atoms with van der Waals surface area (Å²) in [6, 6.07) is 21.8. The van der Waals surface area contributed by atoms with Crippen molar-refractivity contribution in [3.8, 4) is 11.3 Å². The largest absolute Gasteiger partial charge is 0.256 e. The molecule has 0 N–H and O–H groups in total. The summed E-state index contributed by atoms with van der Waals surface area (Å²) < 4.78 is 1.86. The summed E-state index contributed by atoms with van der Waals surface area (Å²) in [4.78, 5) is 9.21. The Hall–Kier alpha value is -3.31. The van der Waals surface area contributed by atoms with E-state index in [0.29, 0.717) is 5.02 Å². The normalized spacial score (nSPS) is 12.5. The van der Waals surface area contributed by atoms with Crippen LogP contribution in [0, 0.1) is 0 Å². The molecule has 5 rings (SSSR count). The second kappa shape index (κ2) is 6.69. The molecule has 28 heavy (non-hydrogen) atoms. The third-order valence-corrected chi connectivity index (χ3v) is 5.15. The van der Waals surface area contributed by atoms with Crippen molar-refractivity contribution in [1.29, 1.82) is 0 Å². The predicted octanol–water partition coefficient (Wildman–Crippen LogP) is 5.30. The lowest BCUT2D eigenvalue weighted by atomic mass is 10.1. The number of benzene rings is 2. The molecule has 0 aliphatic rings. The maximum atomic E-state index is 6.14. The molecule has 0 saturated carbocycles. The van der Waals surface area contributed by atoms with Crippen LogP contribution >= 0.6 is 11.6 Å². The van der Waals surface area contributed by atoms with Gasteiger partial charge < -0.3 is 0 Å². The van der Waals surface area contributed by atoms with Crippen molar-refractivity contribution in [1.82, 2.24) is 25.0 Å². The molecule has 2 aromatic carbocycles. The maximum absolute atomic E-state index is 6.14. The van der Waals surface area contributed by atoms with Gasteiger partial charge in [0, 0.05) is 22.2 Å². The average molecular weight is 386 g/mol. The smallest absolute Gasteiger partial charge is 0.179 e. The van der Waals surface area contributed by atoms with E-state index >= 15 is 0 Å². The lowest BCUT2D eigenvalue weighted by Crippen LogP contribution is -2.09. The first-order valence-corrected chi connectivity index (χ1v) is 9.39. The first kappa shape index (κ1) is 16.8. The Morgan fingerprint density at radius 2 is 1.82 bits per heavy atom. The second-order valence-electron chi connectivity index (χ2n) is 6.72. The Morgan fingerprint density at radius 3 is 2.71 bits per heavy atom. The molecule has 1 atom stereocenters. The van der Waals surface area contributed by atoms with Crippen LogP contribution < -0.4 is 0 Å². The van der Waals surface area contributed by atoms with Crippen LogP contribution in [0.2, 0.25) is 5.02 Å². The van der Waals surface area contributed by atoms with Crippen LogP contribution in [0.25, 0.3) is 33.3 Å². The molecule has 5 aromatic rings. The predicted molar refractivity (Wildman–Crippen MR) is 111 cm³/mol. The zero-order valence-electron chi connectivity index (χ0n) is 15.1. The van der Waals surface area contributed by atoms with E-state index in [2.05, 4.69) is 40.4 Å². The van der Waals surface area contributed by atoms with Crippen LogP contribution in [-0.2, 0) is 0 Å². The molecule has 0 aliphatic heterocycles. The van der Waals surface area contributed by atoms with Crippen LogP contribution in [0.5, 0.6) is 0 Å². The van der Waals surface area contributed by atoms with E-state index < -0.39 is 0 Å². The summed E-state index contributed by atoms with van der Waals surface area (Å²) in [6.07, 6.45) is 1.80. The van der Waals surface area contributed by atoms with Crippen molar-refractivity contribution in [2.45, 2.75) is 13.0 Å². The van der Waals surface area contributed by atoms with Crippen LogP contribution in [0.4, 0.5) is 0 Å². The minimum absolute atomic E-state index is 0.0169. The van der Waals surface area contributed by atoms with E-state index in [1.807, 2.05) is 53.2 Å². The van der Waals surface area contributed by atoms with Gasteiger partial charge in [0.05, 0.1) is 17.3 Å². The lowest BCUT2D eigenvalue weighted by Gasteiger charge is -2.13. The minimum atomic E-state index is -0.0169. The van der Waals surface area contributed by atoms with Gasteiger partial charge >= 0.3 is 0 Å². The fourth-order valence-corrected chi connectivity index (χ4v) is 3.58. The van der Waals surface area contributed by atoms with E-state index in [0.717, 1.165) is 38.9 Å². The molecule has 0 spiro atoms. The summed E-state index contributed by atoms with van der Waals surface area (Å²) in [6.45, 7) is 2.10. The molecule has 136 valence electrons. The fraction of sp³-hybridized carbons (Fsp3) is 0.0909. The molecular formula is C22H16ClN5. The van der Waals surface area contributed by atoms with Crippen LogP contribution in [-0.4, -0.2) is 25.0 Å². The molecule has 3 heterocycles. The Labute approximate surface area is 166 Å². The monoisotopic (exact) mass is 385 g/mol. The molecule has 0 fully saturated rings. The van der Waals surface area contributed by atoms with Crippen molar-refractivity contribution in [3.05, 3.63) is 83.5 Å². The number of pyridine rings is 2. The quantitative estimate of drug-likeness (QED) is 0.422. The van der Waals surface area contributed by atoms with Crippen molar-refractivity contribution in [2.24, 2.45) is 0 Å². The van der Waals surface area contributed by atoms with Crippen molar-refractivity contribution < 1.29 is 0 Å². The lowest BCUT2D eigenvalue weighted by molar-refractivity contribution is 0.556. The molecule has 0 aliphatic carbocycles. The van der Waals surface area contributed by atoms with Gasteiger partial charge in [-0.1, -0.05) is 41.1 Å². The van der Waals surface area contributed by atoms with Gasteiger partial charge in [0.2, 0.25) is 0 Å². The third kappa shape index (κ3) is 2.90. The van der Waals surface area contributed by atoms with Crippen LogP contribution in [0.1, 0.15) is 18.5 Å². The van der Waals surface area contributed by atoms with Gasteiger partial charge in [-0.2, -0.15) is 0 Å². The number of fused-ring (bicyclic) bond motifs is 2. The summed E-state index contributed by atoms with van der Waals surface area (Å²) in [5.74, 6) is 0. The highest BCUT2D eigenvalue weighted by atomic mass is 35.5. The van der Waals surface area contributed by atoms with Crippen LogP contribution in [0.3, 0.4) is 0 Å². The Morgan fingerprint density at radius 1 is 0.929 bits per heavy atom. The molecule has 0 radical (unpaired) electrons.